The molecule has 0 aliphatic carbocycles. The number of aryl methyl sites for hydroxylation is 1. The Bertz CT molecular complexity index is 947. The van der Waals surface area contributed by atoms with E-state index in [4.69, 9.17) is 5.11 Å². The fourth-order valence-corrected chi connectivity index (χ4v) is 3.07. The summed E-state index contributed by atoms with van der Waals surface area (Å²) in [6.45, 7) is -0.104. The largest absolute Gasteiger partial charge is 0.476 e. The van der Waals surface area contributed by atoms with Gasteiger partial charge in [-0.1, -0.05) is 22.6 Å². The topological polar surface area (TPSA) is 136 Å². The standard InChI is InChI=1S/C16H16FN7O3S/c17-10(8-24-9-12(15(26)27)20-23-24)4-5-14-21-22-16(28-14)19-13(25)7-11-3-1-2-6-18-11/h1-3,6,9-10H,4-5,7-8H2,(H,26,27)(H,19,22,25)/t10-/m1/s1. The van der Waals surface area contributed by atoms with Crippen molar-refractivity contribution in [2.24, 2.45) is 0 Å². The van der Waals surface area contributed by atoms with Gasteiger partial charge in [0.05, 0.1) is 19.2 Å². The molecule has 3 aromatic rings. The van der Waals surface area contributed by atoms with Crippen LogP contribution in [0.1, 0.15) is 27.6 Å². The lowest BCUT2D eigenvalue weighted by molar-refractivity contribution is -0.115. The van der Waals surface area contributed by atoms with Crippen LogP contribution in [0, 0.1) is 0 Å². The quantitative estimate of drug-likeness (QED) is 0.545. The third kappa shape index (κ3) is 5.61. The predicted octanol–water partition coefficient (Wildman–Crippen LogP) is 1.37. The lowest BCUT2D eigenvalue weighted by atomic mass is 10.2. The highest BCUT2D eigenvalue weighted by Gasteiger charge is 2.15. The number of aromatic nitrogens is 6. The van der Waals surface area contributed by atoms with Gasteiger partial charge in [0.15, 0.2) is 5.69 Å². The molecule has 146 valence electrons. The Hall–Kier alpha value is -3.28. The second-order valence-electron chi connectivity index (χ2n) is 5.81. The molecule has 3 aromatic heterocycles. The fraction of sp³-hybridized carbons (Fsp3) is 0.312. The van der Waals surface area contributed by atoms with Crippen molar-refractivity contribution in [1.82, 2.24) is 30.2 Å². The van der Waals surface area contributed by atoms with Gasteiger partial charge in [-0.05, 0) is 18.6 Å². The zero-order chi connectivity index (χ0) is 19.9. The van der Waals surface area contributed by atoms with Crippen molar-refractivity contribution in [3.63, 3.8) is 0 Å². The van der Waals surface area contributed by atoms with Gasteiger partial charge in [0, 0.05) is 18.3 Å². The first kappa shape index (κ1) is 19.5. The van der Waals surface area contributed by atoms with Crippen LogP contribution in [0.15, 0.2) is 30.6 Å². The lowest BCUT2D eigenvalue weighted by Crippen LogP contribution is -2.14. The number of amides is 1. The van der Waals surface area contributed by atoms with Crippen molar-refractivity contribution in [3.8, 4) is 0 Å². The first-order valence-corrected chi connectivity index (χ1v) is 9.11. The van der Waals surface area contributed by atoms with E-state index in [0.29, 0.717) is 22.3 Å². The Labute approximate surface area is 162 Å². The van der Waals surface area contributed by atoms with Crippen LogP contribution in [-0.2, 0) is 24.2 Å². The van der Waals surface area contributed by atoms with E-state index in [9.17, 15) is 14.0 Å². The molecule has 3 heterocycles. The van der Waals surface area contributed by atoms with Crippen LogP contribution in [0.25, 0.3) is 0 Å². The van der Waals surface area contributed by atoms with Gasteiger partial charge >= 0.3 is 5.97 Å². The lowest BCUT2D eigenvalue weighted by Gasteiger charge is -2.05. The van der Waals surface area contributed by atoms with Crippen LogP contribution < -0.4 is 5.32 Å². The van der Waals surface area contributed by atoms with Gasteiger partial charge in [-0.3, -0.25) is 9.78 Å². The van der Waals surface area contributed by atoms with Gasteiger partial charge in [-0.15, -0.1) is 15.3 Å². The number of carboxylic acid groups (broad SMARTS) is 1. The van der Waals surface area contributed by atoms with E-state index in [2.05, 4.69) is 30.8 Å². The van der Waals surface area contributed by atoms with E-state index in [1.54, 1.807) is 24.4 Å². The molecule has 0 radical (unpaired) electrons. The van der Waals surface area contributed by atoms with Gasteiger partial charge in [-0.25, -0.2) is 13.9 Å². The zero-order valence-corrected chi connectivity index (χ0v) is 15.3. The van der Waals surface area contributed by atoms with Crippen LogP contribution in [0.2, 0.25) is 0 Å². The Balaban J connectivity index is 1.44. The summed E-state index contributed by atoms with van der Waals surface area (Å²) in [6, 6.07) is 5.32. The summed E-state index contributed by atoms with van der Waals surface area (Å²) in [5, 5.41) is 27.2. The second kappa shape index (κ2) is 9.08. The molecule has 0 saturated heterocycles. The van der Waals surface area contributed by atoms with Gasteiger partial charge in [0.25, 0.3) is 0 Å². The Morgan fingerprint density at radius 2 is 2.14 bits per heavy atom. The van der Waals surface area contributed by atoms with Gasteiger partial charge < -0.3 is 10.4 Å². The Kier molecular flexibility index (Phi) is 6.32. The molecule has 1 atom stereocenters. The van der Waals surface area contributed by atoms with Crippen molar-refractivity contribution in [1.29, 1.82) is 0 Å². The maximum atomic E-state index is 14.1. The number of alkyl halides is 1. The minimum atomic E-state index is -1.26. The number of nitrogens with one attached hydrogen (secondary N) is 1. The van der Waals surface area contributed by atoms with Crippen LogP contribution in [0.5, 0.6) is 0 Å². The normalized spacial score (nSPS) is 11.9. The van der Waals surface area contributed by atoms with Crippen LogP contribution in [0.3, 0.4) is 0 Å². The van der Waals surface area contributed by atoms with E-state index in [1.165, 1.54) is 17.5 Å². The van der Waals surface area contributed by atoms with Gasteiger partial charge in [0.1, 0.15) is 11.2 Å². The maximum absolute atomic E-state index is 14.1. The first-order valence-electron chi connectivity index (χ1n) is 8.29. The monoisotopic (exact) mass is 405 g/mol. The summed E-state index contributed by atoms with van der Waals surface area (Å²) in [6.07, 6.45) is 2.14. The summed E-state index contributed by atoms with van der Waals surface area (Å²) < 4.78 is 15.2. The van der Waals surface area contributed by atoms with Crippen molar-refractivity contribution in [2.75, 3.05) is 5.32 Å². The highest BCUT2D eigenvalue weighted by molar-refractivity contribution is 7.15. The van der Waals surface area contributed by atoms with Crippen molar-refractivity contribution >= 4 is 28.3 Å². The smallest absolute Gasteiger partial charge is 0.358 e. The molecular weight excluding hydrogens is 389 g/mol. The van der Waals surface area contributed by atoms with E-state index in [0.717, 1.165) is 4.68 Å². The Morgan fingerprint density at radius 3 is 2.86 bits per heavy atom. The predicted molar refractivity (Wildman–Crippen MR) is 96.7 cm³/mol. The third-order valence-electron chi connectivity index (χ3n) is 3.60. The molecule has 0 fully saturated rings. The number of pyridine rings is 1. The van der Waals surface area contributed by atoms with Crippen molar-refractivity contribution < 1.29 is 19.1 Å². The molecule has 1 amide bonds. The highest BCUT2D eigenvalue weighted by atomic mass is 32.1. The summed E-state index contributed by atoms with van der Waals surface area (Å²) in [5.74, 6) is -1.47. The molecule has 10 nitrogen and oxygen atoms in total. The molecule has 28 heavy (non-hydrogen) atoms. The number of nitrogens with zero attached hydrogens (tertiary/aromatic N) is 6. The van der Waals surface area contributed by atoms with E-state index in [1.807, 2.05) is 0 Å². The molecule has 0 bridgehead atoms. The molecule has 0 aliphatic heterocycles. The third-order valence-corrected chi connectivity index (χ3v) is 4.49. The van der Waals surface area contributed by atoms with Crippen molar-refractivity contribution in [2.45, 2.75) is 32.0 Å². The average Bonchev–Trinajstić information content (AvgIpc) is 3.30. The fourth-order valence-electron chi connectivity index (χ4n) is 2.30. The maximum Gasteiger partial charge on any atom is 0.358 e. The average molecular weight is 405 g/mol. The molecular formula is C16H16FN7O3S. The number of carbonyl (C=O) groups excluding carboxylic acids is 1. The number of carbonyl (C=O) groups is 2. The molecule has 12 heteroatoms. The number of anilines is 1. The molecule has 0 saturated carbocycles. The van der Waals surface area contributed by atoms with E-state index < -0.39 is 12.1 Å². The van der Waals surface area contributed by atoms with Gasteiger partial charge in [0.2, 0.25) is 11.0 Å². The zero-order valence-electron chi connectivity index (χ0n) is 14.5. The molecule has 2 N–H and O–H groups in total. The molecule has 0 spiro atoms. The van der Waals surface area contributed by atoms with Crippen LogP contribution in [0.4, 0.5) is 9.52 Å². The highest BCUT2D eigenvalue weighted by Crippen LogP contribution is 2.18. The number of carboxylic acids is 1. The number of halogens is 1. The van der Waals surface area contributed by atoms with Gasteiger partial charge in [-0.2, -0.15) is 0 Å². The van der Waals surface area contributed by atoms with E-state index >= 15 is 0 Å². The van der Waals surface area contributed by atoms with Crippen LogP contribution in [-0.4, -0.2) is 53.3 Å². The number of aromatic carboxylic acids is 1. The summed E-state index contributed by atoms with van der Waals surface area (Å²) in [4.78, 5) is 26.8. The SMILES string of the molecule is O=C(Cc1ccccn1)Nc1nnc(CC[C@@H](F)Cn2cc(C(=O)O)nn2)s1. The minimum Gasteiger partial charge on any atom is -0.476 e. The molecule has 0 unspecified atom stereocenters. The number of hydrogen-bond acceptors (Lipinski definition) is 8. The summed E-state index contributed by atoms with van der Waals surface area (Å²) in [7, 11) is 0. The summed E-state index contributed by atoms with van der Waals surface area (Å²) in [5.41, 5.74) is 0.409. The molecule has 0 aromatic carbocycles. The minimum absolute atomic E-state index is 0.104. The number of hydrogen-bond donors (Lipinski definition) is 2. The molecule has 3 rings (SSSR count). The molecule has 0 aliphatic rings. The number of rotatable bonds is 9. The van der Waals surface area contributed by atoms with Crippen molar-refractivity contribution in [3.05, 3.63) is 47.0 Å². The Morgan fingerprint density at radius 1 is 1.29 bits per heavy atom. The first-order chi connectivity index (χ1) is 13.5. The van der Waals surface area contributed by atoms with E-state index in [-0.39, 0.29) is 31.0 Å². The van der Waals surface area contributed by atoms with Crippen LogP contribution >= 0.6 is 11.3 Å². The summed E-state index contributed by atoms with van der Waals surface area (Å²) >= 11 is 1.17. The second-order valence-corrected chi connectivity index (χ2v) is 6.88.